The molecule has 1 N–H and O–H groups in total. The van der Waals surface area contributed by atoms with Crippen LogP contribution in [0.2, 0.25) is 0 Å². The smallest absolute Gasteiger partial charge is 0.335 e. The maximum absolute atomic E-state index is 13.0. The average molecular weight is 341 g/mol. The van der Waals surface area contributed by atoms with Crippen LogP contribution in [0.1, 0.15) is 35.7 Å². The molecule has 1 fully saturated rings. The monoisotopic (exact) mass is 341 g/mol. The lowest BCUT2D eigenvalue weighted by molar-refractivity contribution is 0.0696. The Morgan fingerprint density at radius 3 is 2.78 bits per heavy atom. The molecule has 1 saturated heterocycles. The van der Waals surface area contributed by atoms with Gasteiger partial charge in [0.1, 0.15) is 0 Å². The summed E-state index contributed by atoms with van der Waals surface area (Å²) in [4.78, 5) is 11.3. The van der Waals surface area contributed by atoms with E-state index in [1.807, 2.05) is 6.92 Å². The number of hydrogen-bond acceptors (Lipinski definition) is 4. The number of methoxy groups -OCH3 is 1. The average Bonchev–Trinajstić information content (AvgIpc) is 2.54. The summed E-state index contributed by atoms with van der Waals surface area (Å²) in [6.45, 7) is 3.26. The largest absolute Gasteiger partial charge is 0.478 e. The van der Waals surface area contributed by atoms with Crippen molar-refractivity contribution in [1.82, 2.24) is 4.31 Å². The molecule has 0 aliphatic carbocycles. The summed E-state index contributed by atoms with van der Waals surface area (Å²) in [7, 11) is -2.09. The molecule has 1 aliphatic heterocycles. The van der Waals surface area contributed by atoms with E-state index in [0.717, 1.165) is 12.8 Å². The van der Waals surface area contributed by atoms with E-state index in [0.29, 0.717) is 31.7 Å². The number of carboxylic acid groups (broad SMARTS) is 1. The molecular formula is C16H23NO5S. The van der Waals surface area contributed by atoms with E-state index >= 15 is 0 Å². The third-order valence-electron chi connectivity index (χ3n) is 4.20. The van der Waals surface area contributed by atoms with Crippen molar-refractivity contribution in [2.75, 3.05) is 26.8 Å². The third kappa shape index (κ3) is 3.91. The van der Waals surface area contributed by atoms with Crippen molar-refractivity contribution in [2.24, 2.45) is 5.92 Å². The van der Waals surface area contributed by atoms with Crippen molar-refractivity contribution in [3.63, 3.8) is 0 Å². The number of hydrogen-bond donors (Lipinski definition) is 1. The normalized spacial score (nSPS) is 19.7. The minimum absolute atomic E-state index is 0.00812. The Labute approximate surface area is 137 Å². The van der Waals surface area contributed by atoms with Gasteiger partial charge in [0.2, 0.25) is 10.0 Å². The first-order chi connectivity index (χ1) is 10.9. The molecule has 1 unspecified atom stereocenters. The van der Waals surface area contributed by atoms with Crippen molar-refractivity contribution in [1.29, 1.82) is 0 Å². The van der Waals surface area contributed by atoms with Gasteiger partial charge in [0.25, 0.3) is 0 Å². The lowest BCUT2D eigenvalue weighted by Crippen LogP contribution is -2.41. The van der Waals surface area contributed by atoms with Gasteiger partial charge in [-0.1, -0.05) is 13.0 Å². The summed E-state index contributed by atoms with van der Waals surface area (Å²) in [6.07, 6.45) is 2.26. The number of ether oxygens (including phenoxy) is 1. The molecule has 1 aromatic rings. The van der Waals surface area contributed by atoms with Crippen molar-refractivity contribution in [3.8, 4) is 0 Å². The van der Waals surface area contributed by atoms with E-state index in [1.165, 1.54) is 16.4 Å². The number of nitrogens with zero attached hydrogens (tertiary/aromatic N) is 1. The lowest BCUT2D eigenvalue weighted by atomic mass is 10.0. The Morgan fingerprint density at radius 2 is 2.17 bits per heavy atom. The van der Waals surface area contributed by atoms with E-state index in [1.54, 1.807) is 13.2 Å². The minimum Gasteiger partial charge on any atom is -0.478 e. The molecule has 23 heavy (non-hydrogen) atoms. The second-order valence-corrected chi connectivity index (χ2v) is 7.71. The molecule has 7 heteroatoms. The number of carbonyl (C=O) groups is 1. The van der Waals surface area contributed by atoms with Crippen molar-refractivity contribution < 1.29 is 23.1 Å². The maximum Gasteiger partial charge on any atom is 0.335 e. The van der Waals surface area contributed by atoms with Crippen LogP contribution in [0, 0.1) is 5.92 Å². The van der Waals surface area contributed by atoms with Gasteiger partial charge in [0, 0.05) is 20.2 Å². The first-order valence-electron chi connectivity index (χ1n) is 7.75. The van der Waals surface area contributed by atoms with Gasteiger partial charge >= 0.3 is 5.97 Å². The molecule has 1 heterocycles. The molecule has 2 rings (SSSR count). The second kappa shape index (κ2) is 7.42. The molecule has 128 valence electrons. The molecule has 1 aliphatic rings. The lowest BCUT2D eigenvalue weighted by Gasteiger charge is -2.32. The van der Waals surface area contributed by atoms with Crippen LogP contribution in [0.3, 0.4) is 0 Å². The maximum atomic E-state index is 13.0. The number of sulfonamides is 1. The Bertz CT molecular complexity index is 669. The van der Waals surface area contributed by atoms with Crippen LogP contribution in [-0.2, 0) is 21.2 Å². The van der Waals surface area contributed by atoms with E-state index in [9.17, 15) is 13.2 Å². The van der Waals surface area contributed by atoms with E-state index < -0.39 is 16.0 Å². The molecule has 6 nitrogen and oxygen atoms in total. The van der Waals surface area contributed by atoms with Crippen LogP contribution in [0.15, 0.2) is 23.1 Å². The van der Waals surface area contributed by atoms with Gasteiger partial charge in [-0.25, -0.2) is 13.2 Å². The van der Waals surface area contributed by atoms with Gasteiger partial charge in [-0.3, -0.25) is 0 Å². The summed E-state index contributed by atoms with van der Waals surface area (Å²) < 4.78 is 32.6. The fourth-order valence-electron chi connectivity index (χ4n) is 2.98. The quantitative estimate of drug-likeness (QED) is 0.855. The number of aryl methyl sites for hydroxylation is 1. The molecule has 0 amide bonds. The molecule has 0 radical (unpaired) electrons. The van der Waals surface area contributed by atoms with E-state index in [-0.39, 0.29) is 16.4 Å². The molecule has 0 spiro atoms. The van der Waals surface area contributed by atoms with Gasteiger partial charge in [0.15, 0.2) is 0 Å². The summed E-state index contributed by atoms with van der Waals surface area (Å²) >= 11 is 0. The van der Waals surface area contributed by atoms with Crippen LogP contribution in [0.25, 0.3) is 0 Å². The number of piperidine rings is 1. The van der Waals surface area contributed by atoms with Gasteiger partial charge in [-0.2, -0.15) is 4.31 Å². The van der Waals surface area contributed by atoms with Crippen molar-refractivity contribution in [3.05, 3.63) is 29.3 Å². The van der Waals surface area contributed by atoms with Crippen LogP contribution >= 0.6 is 0 Å². The highest BCUT2D eigenvalue weighted by molar-refractivity contribution is 7.89. The number of benzene rings is 1. The van der Waals surface area contributed by atoms with Crippen molar-refractivity contribution >= 4 is 16.0 Å². The van der Waals surface area contributed by atoms with Crippen LogP contribution < -0.4 is 0 Å². The SMILES string of the molecule is CCc1ccc(C(=O)O)cc1S(=O)(=O)N1CCCC(COC)C1. The topological polar surface area (TPSA) is 83.9 Å². The number of aromatic carboxylic acids is 1. The number of rotatable bonds is 6. The van der Waals surface area contributed by atoms with Crippen molar-refractivity contribution in [2.45, 2.75) is 31.1 Å². The first-order valence-corrected chi connectivity index (χ1v) is 9.19. The highest BCUT2D eigenvalue weighted by Gasteiger charge is 2.32. The standard InChI is InChI=1S/C16H23NO5S/c1-3-13-6-7-14(16(18)19)9-15(13)23(20,21)17-8-4-5-12(10-17)11-22-2/h6-7,9,12H,3-5,8,10-11H2,1-2H3,(H,18,19). The second-order valence-electron chi connectivity index (χ2n) is 5.81. The van der Waals surface area contributed by atoms with Gasteiger partial charge in [0.05, 0.1) is 17.1 Å². The zero-order valence-electron chi connectivity index (χ0n) is 13.5. The summed E-state index contributed by atoms with van der Waals surface area (Å²) in [5.74, 6) is -0.948. The first kappa shape index (κ1) is 17.9. The fraction of sp³-hybridized carbons (Fsp3) is 0.562. The zero-order chi connectivity index (χ0) is 17.0. The Morgan fingerprint density at radius 1 is 1.43 bits per heavy atom. The fourth-order valence-corrected chi connectivity index (χ4v) is 4.85. The number of carboxylic acids is 1. The molecule has 0 saturated carbocycles. The zero-order valence-corrected chi connectivity index (χ0v) is 14.3. The molecule has 0 bridgehead atoms. The Kier molecular flexibility index (Phi) is 5.78. The van der Waals surface area contributed by atoms with Crippen LogP contribution in [-0.4, -0.2) is 50.6 Å². The summed E-state index contributed by atoms with van der Waals surface area (Å²) in [6, 6.07) is 4.31. The Hall–Kier alpha value is -1.44. The predicted octanol–water partition coefficient (Wildman–Crippen LogP) is 1.99. The highest BCUT2D eigenvalue weighted by Crippen LogP contribution is 2.27. The highest BCUT2D eigenvalue weighted by atomic mass is 32.2. The third-order valence-corrected chi connectivity index (χ3v) is 6.14. The van der Waals surface area contributed by atoms with Crippen LogP contribution in [0.4, 0.5) is 0 Å². The van der Waals surface area contributed by atoms with Gasteiger partial charge in [-0.15, -0.1) is 0 Å². The minimum atomic E-state index is -3.70. The van der Waals surface area contributed by atoms with Gasteiger partial charge in [-0.05, 0) is 42.9 Å². The van der Waals surface area contributed by atoms with E-state index in [2.05, 4.69) is 0 Å². The molecule has 0 aromatic heterocycles. The van der Waals surface area contributed by atoms with E-state index in [4.69, 9.17) is 9.84 Å². The molecule has 1 aromatic carbocycles. The van der Waals surface area contributed by atoms with Crippen LogP contribution in [0.5, 0.6) is 0 Å². The predicted molar refractivity (Wildman–Crippen MR) is 86.1 cm³/mol. The molecular weight excluding hydrogens is 318 g/mol. The summed E-state index contributed by atoms with van der Waals surface area (Å²) in [5.41, 5.74) is 0.634. The Balaban J connectivity index is 2.38. The molecule has 1 atom stereocenters. The summed E-state index contributed by atoms with van der Waals surface area (Å²) in [5, 5.41) is 9.14. The van der Waals surface area contributed by atoms with Gasteiger partial charge < -0.3 is 9.84 Å².